The molecule has 0 aliphatic rings. The maximum absolute atomic E-state index is 12.6. The largest absolute Gasteiger partial charge is 0.325 e. The second kappa shape index (κ2) is 10.3. The van der Waals surface area contributed by atoms with Crippen LogP contribution in [0.5, 0.6) is 0 Å². The molecular formula is C20H31ClN4O. The Bertz CT molecular complexity index is 725. The molecule has 2 aromatic rings. The number of rotatable bonds is 8. The van der Waals surface area contributed by atoms with Gasteiger partial charge in [-0.25, -0.2) is 0 Å². The highest BCUT2D eigenvalue weighted by Crippen LogP contribution is 2.18. The minimum absolute atomic E-state index is 0. The summed E-state index contributed by atoms with van der Waals surface area (Å²) < 4.78 is 2.02. The maximum atomic E-state index is 12.6. The molecule has 26 heavy (non-hydrogen) atoms. The van der Waals surface area contributed by atoms with E-state index in [4.69, 9.17) is 0 Å². The van der Waals surface area contributed by atoms with Gasteiger partial charge >= 0.3 is 0 Å². The molecule has 5 nitrogen and oxygen atoms in total. The van der Waals surface area contributed by atoms with Gasteiger partial charge in [0.1, 0.15) is 0 Å². The van der Waals surface area contributed by atoms with E-state index in [9.17, 15) is 4.79 Å². The molecule has 144 valence electrons. The Kier molecular flexibility index (Phi) is 8.82. The molecule has 6 heteroatoms. The molecule has 1 aromatic heterocycles. The van der Waals surface area contributed by atoms with Crippen LogP contribution in [0.2, 0.25) is 0 Å². The highest BCUT2D eigenvalue weighted by atomic mass is 35.5. The van der Waals surface area contributed by atoms with Gasteiger partial charge < -0.3 is 10.6 Å². The van der Waals surface area contributed by atoms with E-state index in [1.807, 2.05) is 42.8 Å². The Balaban J connectivity index is 0.00000338. The molecule has 0 fully saturated rings. The smallest absolute Gasteiger partial charge is 0.228 e. The van der Waals surface area contributed by atoms with Crippen molar-refractivity contribution in [3.63, 3.8) is 0 Å². The number of nitrogens with zero attached hydrogens (tertiary/aromatic N) is 2. The summed E-state index contributed by atoms with van der Waals surface area (Å²) in [6.45, 7) is 13.0. The predicted octanol–water partition coefficient (Wildman–Crippen LogP) is 3.87. The number of amides is 1. The van der Waals surface area contributed by atoms with Gasteiger partial charge in [0.15, 0.2) is 0 Å². The number of halogens is 1. The van der Waals surface area contributed by atoms with E-state index in [1.165, 1.54) is 0 Å². The Labute approximate surface area is 163 Å². The van der Waals surface area contributed by atoms with E-state index >= 15 is 0 Å². The van der Waals surface area contributed by atoms with Crippen LogP contribution in [0.4, 0.5) is 5.69 Å². The van der Waals surface area contributed by atoms with Gasteiger partial charge in [-0.15, -0.1) is 12.4 Å². The molecule has 0 atom stereocenters. The van der Waals surface area contributed by atoms with Crippen LogP contribution in [0.25, 0.3) is 0 Å². The van der Waals surface area contributed by atoms with Crippen LogP contribution >= 0.6 is 12.4 Å². The molecule has 2 N–H and O–H groups in total. The first kappa shape index (κ1) is 22.2. The van der Waals surface area contributed by atoms with Crippen molar-refractivity contribution in [3.8, 4) is 0 Å². The van der Waals surface area contributed by atoms with Crippen LogP contribution in [0.3, 0.4) is 0 Å². The third kappa shape index (κ3) is 5.85. The third-order valence-corrected chi connectivity index (χ3v) is 4.26. The predicted molar refractivity (Wildman–Crippen MR) is 110 cm³/mol. The summed E-state index contributed by atoms with van der Waals surface area (Å²) in [4.78, 5) is 12.6. The van der Waals surface area contributed by atoms with E-state index in [0.29, 0.717) is 12.3 Å². The van der Waals surface area contributed by atoms with Gasteiger partial charge in [-0.2, -0.15) is 5.10 Å². The number of benzene rings is 1. The molecule has 0 aliphatic carbocycles. The lowest BCUT2D eigenvalue weighted by Crippen LogP contribution is -2.19. The highest BCUT2D eigenvalue weighted by Gasteiger charge is 2.16. The van der Waals surface area contributed by atoms with Crippen molar-refractivity contribution < 1.29 is 4.79 Å². The SMILES string of the molecule is CCNCc1ccccc1NC(=O)Cc1c(C)nn(CC(C)C)c1C.Cl. The fourth-order valence-electron chi connectivity index (χ4n) is 2.92. The number of para-hydroxylation sites is 1. The number of anilines is 1. The van der Waals surface area contributed by atoms with Crippen molar-refractivity contribution in [2.24, 2.45) is 5.92 Å². The van der Waals surface area contributed by atoms with Crippen LogP contribution in [0.15, 0.2) is 24.3 Å². The third-order valence-electron chi connectivity index (χ3n) is 4.26. The van der Waals surface area contributed by atoms with Crippen molar-refractivity contribution in [2.45, 2.75) is 54.1 Å². The number of nitrogens with one attached hydrogen (secondary N) is 2. The van der Waals surface area contributed by atoms with E-state index < -0.39 is 0 Å². The average molecular weight is 379 g/mol. The zero-order chi connectivity index (χ0) is 18.4. The molecule has 0 radical (unpaired) electrons. The minimum atomic E-state index is -0.000699. The molecular weight excluding hydrogens is 348 g/mol. The molecule has 0 saturated heterocycles. The fourth-order valence-corrected chi connectivity index (χ4v) is 2.92. The highest BCUT2D eigenvalue weighted by molar-refractivity contribution is 5.93. The zero-order valence-corrected chi connectivity index (χ0v) is 17.2. The van der Waals surface area contributed by atoms with Gasteiger partial charge in [-0.05, 0) is 37.9 Å². The molecule has 0 aliphatic heterocycles. The monoisotopic (exact) mass is 378 g/mol. The van der Waals surface area contributed by atoms with Crippen LogP contribution in [-0.2, 0) is 24.3 Å². The van der Waals surface area contributed by atoms with Gasteiger partial charge in [0.25, 0.3) is 0 Å². The summed E-state index contributed by atoms with van der Waals surface area (Å²) >= 11 is 0. The summed E-state index contributed by atoms with van der Waals surface area (Å²) in [5.41, 5.74) is 5.03. The lowest BCUT2D eigenvalue weighted by Gasteiger charge is -2.12. The molecule has 2 rings (SSSR count). The van der Waals surface area contributed by atoms with Crippen molar-refractivity contribution in [3.05, 3.63) is 46.8 Å². The average Bonchev–Trinajstić information content (AvgIpc) is 2.81. The normalized spacial score (nSPS) is 10.7. The lowest BCUT2D eigenvalue weighted by atomic mass is 10.1. The van der Waals surface area contributed by atoms with Crippen molar-refractivity contribution >= 4 is 24.0 Å². The fraction of sp³-hybridized carbons (Fsp3) is 0.500. The van der Waals surface area contributed by atoms with E-state index in [1.54, 1.807) is 0 Å². The van der Waals surface area contributed by atoms with Gasteiger partial charge in [0, 0.05) is 30.0 Å². The van der Waals surface area contributed by atoms with E-state index in [-0.39, 0.29) is 18.3 Å². The summed E-state index contributed by atoms with van der Waals surface area (Å²) in [7, 11) is 0. The summed E-state index contributed by atoms with van der Waals surface area (Å²) in [5, 5.41) is 11.0. The summed E-state index contributed by atoms with van der Waals surface area (Å²) in [5.74, 6) is 0.525. The Morgan fingerprint density at radius 1 is 1.23 bits per heavy atom. The van der Waals surface area contributed by atoms with Gasteiger partial charge in [0.05, 0.1) is 12.1 Å². The lowest BCUT2D eigenvalue weighted by molar-refractivity contribution is -0.115. The van der Waals surface area contributed by atoms with Crippen molar-refractivity contribution in [1.82, 2.24) is 15.1 Å². The summed E-state index contributed by atoms with van der Waals surface area (Å²) in [6.07, 6.45) is 0.352. The number of aryl methyl sites for hydroxylation is 1. The Morgan fingerprint density at radius 2 is 1.92 bits per heavy atom. The first-order valence-electron chi connectivity index (χ1n) is 9.03. The topological polar surface area (TPSA) is 58.9 Å². The van der Waals surface area contributed by atoms with Gasteiger partial charge in [-0.3, -0.25) is 9.48 Å². The Morgan fingerprint density at radius 3 is 2.58 bits per heavy atom. The van der Waals surface area contributed by atoms with Crippen LogP contribution in [-0.4, -0.2) is 22.2 Å². The van der Waals surface area contributed by atoms with Crippen molar-refractivity contribution in [2.75, 3.05) is 11.9 Å². The van der Waals surface area contributed by atoms with E-state index in [0.717, 1.165) is 47.8 Å². The molecule has 0 bridgehead atoms. The molecule has 0 unspecified atom stereocenters. The first-order valence-corrected chi connectivity index (χ1v) is 9.03. The number of aromatic nitrogens is 2. The Hall–Kier alpha value is -1.85. The van der Waals surface area contributed by atoms with Crippen molar-refractivity contribution in [1.29, 1.82) is 0 Å². The second-order valence-electron chi connectivity index (χ2n) is 6.89. The molecule has 1 aromatic carbocycles. The quantitative estimate of drug-likeness (QED) is 0.733. The van der Waals surface area contributed by atoms with Crippen LogP contribution < -0.4 is 10.6 Å². The van der Waals surface area contributed by atoms with Gasteiger partial charge in [-0.1, -0.05) is 39.0 Å². The number of carbonyl (C=O) groups excluding carboxylic acids is 1. The second-order valence-corrected chi connectivity index (χ2v) is 6.89. The molecule has 1 amide bonds. The van der Waals surface area contributed by atoms with E-state index in [2.05, 4.69) is 36.5 Å². The minimum Gasteiger partial charge on any atom is -0.325 e. The van der Waals surface area contributed by atoms with Crippen LogP contribution in [0.1, 0.15) is 43.3 Å². The first-order chi connectivity index (χ1) is 11.9. The number of hydrogen-bond donors (Lipinski definition) is 2. The standard InChI is InChI=1S/C20H30N4O.ClH/c1-6-21-12-17-9-7-8-10-19(17)22-20(25)11-18-15(4)23-24(16(18)5)13-14(2)3;/h7-10,14,21H,6,11-13H2,1-5H3,(H,22,25);1H. The molecule has 0 spiro atoms. The summed E-state index contributed by atoms with van der Waals surface area (Å²) in [6, 6.07) is 7.93. The molecule has 1 heterocycles. The number of carbonyl (C=O) groups is 1. The number of hydrogen-bond acceptors (Lipinski definition) is 3. The van der Waals surface area contributed by atoms with Crippen LogP contribution in [0, 0.1) is 19.8 Å². The zero-order valence-electron chi connectivity index (χ0n) is 16.4. The maximum Gasteiger partial charge on any atom is 0.228 e. The molecule has 0 saturated carbocycles. The van der Waals surface area contributed by atoms with Gasteiger partial charge in [0.2, 0.25) is 5.91 Å².